The number of hydrogen-bond acceptors (Lipinski definition) is 4. The molecule has 138 valence electrons. The fourth-order valence-electron chi connectivity index (χ4n) is 3.58. The normalized spacial score (nSPS) is 20.8. The molecule has 0 radical (unpaired) electrons. The summed E-state index contributed by atoms with van der Waals surface area (Å²) < 4.78 is 11.6. The molecule has 0 aromatic heterocycles. The van der Waals surface area contributed by atoms with E-state index in [1.54, 1.807) is 0 Å². The van der Waals surface area contributed by atoms with Crippen molar-refractivity contribution in [3.05, 3.63) is 23.3 Å². The first-order chi connectivity index (χ1) is 12.0. The Bertz CT molecular complexity index is 609. The zero-order chi connectivity index (χ0) is 17.8. The molecule has 0 unspecified atom stereocenters. The number of rotatable bonds is 6. The van der Waals surface area contributed by atoms with Crippen LogP contribution in [-0.4, -0.2) is 43.2 Å². The van der Waals surface area contributed by atoms with Crippen LogP contribution < -0.4 is 14.8 Å². The van der Waals surface area contributed by atoms with Gasteiger partial charge in [-0.05, 0) is 57.8 Å². The predicted octanol–water partition coefficient (Wildman–Crippen LogP) is 2.76. The van der Waals surface area contributed by atoms with Gasteiger partial charge in [0, 0.05) is 24.1 Å². The highest BCUT2D eigenvalue weighted by molar-refractivity contribution is 5.78. The molecule has 1 saturated heterocycles. The average Bonchev–Trinajstić information content (AvgIpc) is 2.94. The van der Waals surface area contributed by atoms with Gasteiger partial charge in [0.2, 0.25) is 5.91 Å². The van der Waals surface area contributed by atoms with Gasteiger partial charge in [-0.15, -0.1) is 0 Å². The third kappa shape index (κ3) is 4.66. The van der Waals surface area contributed by atoms with E-state index < -0.39 is 0 Å². The fourth-order valence-corrected chi connectivity index (χ4v) is 3.58. The highest BCUT2D eigenvalue weighted by Gasteiger charge is 2.22. The van der Waals surface area contributed by atoms with Crippen molar-refractivity contribution in [1.29, 1.82) is 0 Å². The van der Waals surface area contributed by atoms with Crippen LogP contribution in [0, 0.1) is 5.92 Å². The number of nitrogens with one attached hydrogen (secondary N) is 1. The molecule has 0 aliphatic carbocycles. The lowest BCUT2D eigenvalue weighted by molar-refractivity contribution is -0.122. The van der Waals surface area contributed by atoms with Crippen LogP contribution in [0.5, 0.6) is 11.5 Å². The number of fused-ring (bicyclic) bond motifs is 1. The topological polar surface area (TPSA) is 50.8 Å². The molecule has 1 fully saturated rings. The monoisotopic (exact) mass is 346 g/mol. The Kier molecular flexibility index (Phi) is 5.84. The van der Waals surface area contributed by atoms with E-state index in [1.165, 1.54) is 18.4 Å². The van der Waals surface area contributed by atoms with Crippen molar-refractivity contribution in [1.82, 2.24) is 10.2 Å². The molecule has 1 N–H and O–H groups in total. The van der Waals surface area contributed by atoms with Crippen molar-refractivity contribution >= 4 is 5.91 Å². The third-order valence-corrected chi connectivity index (χ3v) is 5.10. The van der Waals surface area contributed by atoms with Gasteiger partial charge in [0.1, 0.15) is 17.6 Å². The number of likely N-dealkylation sites (tertiary alicyclic amines) is 1. The van der Waals surface area contributed by atoms with E-state index in [0.717, 1.165) is 42.5 Å². The summed E-state index contributed by atoms with van der Waals surface area (Å²) in [6, 6.07) is 4.09. The number of ether oxygens (including phenoxy) is 2. The van der Waals surface area contributed by atoms with Gasteiger partial charge in [0.25, 0.3) is 0 Å². The molecule has 1 atom stereocenters. The maximum Gasteiger partial charge on any atom is 0.234 e. The summed E-state index contributed by atoms with van der Waals surface area (Å²) >= 11 is 0. The van der Waals surface area contributed by atoms with E-state index in [-0.39, 0.29) is 12.0 Å². The predicted molar refractivity (Wildman–Crippen MR) is 98.1 cm³/mol. The van der Waals surface area contributed by atoms with E-state index >= 15 is 0 Å². The summed E-state index contributed by atoms with van der Waals surface area (Å²) in [4.78, 5) is 14.5. The van der Waals surface area contributed by atoms with Gasteiger partial charge in [-0.1, -0.05) is 6.92 Å². The van der Waals surface area contributed by atoms with Crippen molar-refractivity contribution in [2.75, 3.05) is 26.2 Å². The van der Waals surface area contributed by atoms with Crippen LogP contribution in [-0.2, 0) is 17.8 Å². The first kappa shape index (κ1) is 18.1. The van der Waals surface area contributed by atoms with E-state index in [2.05, 4.69) is 30.1 Å². The minimum atomic E-state index is 0.0757. The lowest BCUT2D eigenvalue weighted by Gasteiger charge is -2.29. The van der Waals surface area contributed by atoms with Gasteiger partial charge in [0.15, 0.2) is 0 Å². The summed E-state index contributed by atoms with van der Waals surface area (Å²) in [7, 11) is 0. The number of amides is 1. The Morgan fingerprint density at radius 1 is 1.32 bits per heavy atom. The van der Waals surface area contributed by atoms with Gasteiger partial charge in [-0.2, -0.15) is 0 Å². The minimum Gasteiger partial charge on any atom is -0.494 e. The standard InChI is InChI=1S/C20H30N2O3/c1-4-24-18-10-16-9-15(3)25-19(16)11-17(18)12-21-20(23)13-22-7-5-14(2)6-8-22/h10-11,14-15H,4-9,12-13H2,1-3H3,(H,21,23)/t15-/m1/s1. The van der Waals surface area contributed by atoms with Crippen LogP contribution in [0.4, 0.5) is 0 Å². The molecule has 5 nitrogen and oxygen atoms in total. The molecule has 0 bridgehead atoms. The number of nitrogens with zero attached hydrogens (tertiary/aromatic N) is 1. The van der Waals surface area contributed by atoms with Gasteiger partial charge < -0.3 is 14.8 Å². The van der Waals surface area contributed by atoms with E-state index in [0.29, 0.717) is 19.7 Å². The lowest BCUT2D eigenvalue weighted by Crippen LogP contribution is -2.41. The summed E-state index contributed by atoms with van der Waals surface area (Å²) in [6.45, 7) is 9.93. The average molecular weight is 346 g/mol. The maximum atomic E-state index is 12.3. The van der Waals surface area contributed by atoms with Gasteiger partial charge >= 0.3 is 0 Å². The van der Waals surface area contributed by atoms with Gasteiger partial charge in [0.05, 0.1) is 13.2 Å². The second-order valence-corrected chi connectivity index (χ2v) is 7.37. The van der Waals surface area contributed by atoms with Crippen LogP contribution >= 0.6 is 0 Å². The highest BCUT2D eigenvalue weighted by Crippen LogP contribution is 2.35. The summed E-state index contributed by atoms with van der Waals surface area (Å²) in [5.74, 6) is 2.63. The molecule has 0 saturated carbocycles. The van der Waals surface area contributed by atoms with E-state index in [9.17, 15) is 4.79 Å². The number of carbonyl (C=O) groups is 1. The van der Waals surface area contributed by atoms with Crippen LogP contribution in [0.2, 0.25) is 0 Å². The maximum absolute atomic E-state index is 12.3. The molecule has 0 spiro atoms. The Morgan fingerprint density at radius 3 is 2.80 bits per heavy atom. The zero-order valence-corrected chi connectivity index (χ0v) is 15.6. The molecular weight excluding hydrogens is 316 g/mol. The van der Waals surface area contributed by atoms with Gasteiger partial charge in [-0.25, -0.2) is 0 Å². The first-order valence-electron chi connectivity index (χ1n) is 9.49. The lowest BCUT2D eigenvalue weighted by atomic mass is 9.99. The van der Waals surface area contributed by atoms with Crippen molar-refractivity contribution in [2.45, 2.75) is 52.7 Å². The molecule has 1 aromatic rings. The van der Waals surface area contributed by atoms with Crippen LogP contribution in [0.25, 0.3) is 0 Å². The van der Waals surface area contributed by atoms with Crippen molar-refractivity contribution < 1.29 is 14.3 Å². The van der Waals surface area contributed by atoms with E-state index in [1.807, 2.05) is 13.0 Å². The molecular formula is C20H30N2O3. The number of piperidine rings is 1. The Balaban J connectivity index is 1.58. The molecule has 1 aromatic carbocycles. The van der Waals surface area contributed by atoms with Crippen LogP contribution in [0.15, 0.2) is 12.1 Å². The van der Waals surface area contributed by atoms with Crippen molar-refractivity contribution in [3.63, 3.8) is 0 Å². The second-order valence-electron chi connectivity index (χ2n) is 7.37. The Morgan fingerprint density at radius 2 is 2.08 bits per heavy atom. The third-order valence-electron chi connectivity index (χ3n) is 5.10. The summed E-state index contributed by atoms with van der Waals surface area (Å²) in [5, 5.41) is 3.04. The van der Waals surface area contributed by atoms with Crippen LogP contribution in [0.1, 0.15) is 44.7 Å². The number of benzene rings is 1. The number of carbonyl (C=O) groups excluding carboxylic acids is 1. The molecule has 3 rings (SSSR count). The smallest absolute Gasteiger partial charge is 0.234 e. The largest absolute Gasteiger partial charge is 0.494 e. The second kappa shape index (κ2) is 8.09. The summed E-state index contributed by atoms with van der Waals surface area (Å²) in [6.07, 6.45) is 3.48. The molecule has 2 aliphatic rings. The van der Waals surface area contributed by atoms with Crippen molar-refractivity contribution in [2.24, 2.45) is 5.92 Å². The zero-order valence-electron chi connectivity index (χ0n) is 15.6. The quantitative estimate of drug-likeness (QED) is 0.860. The fraction of sp³-hybridized carbons (Fsp3) is 0.650. The van der Waals surface area contributed by atoms with Crippen molar-refractivity contribution in [3.8, 4) is 11.5 Å². The molecule has 5 heteroatoms. The molecule has 25 heavy (non-hydrogen) atoms. The van der Waals surface area contributed by atoms with E-state index in [4.69, 9.17) is 9.47 Å². The first-order valence-corrected chi connectivity index (χ1v) is 9.49. The minimum absolute atomic E-state index is 0.0757. The Labute approximate surface area is 150 Å². The number of hydrogen-bond donors (Lipinski definition) is 1. The Hall–Kier alpha value is -1.75. The molecule has 2 heterocycles. The van der Waals surface area contributed by atoms with Gasteiger partial charge in [-0.3, -0.25) is 9.69 Å². The molecule has 2 aliphatic heterocycles. The highest BCUT2D eigenvalue weighted by atomic mass is 16.5. The SMILES string of the molecule is CCOc1cc2c(cc1CNC(=O)CN1CCC(C)CC1)O[C@H](C)C2. The van der Waals surface area contributed by atoms with Crippen LogP contribution in [0.3, 0.4) is 0 Å². The molecule has 1 amide bonds. The summed E-state index contributed by atoms with van der Waals surface area (Å²) in [5.41, 5.74) is 2.17.